The van der Waals surface area contributed by atoms with E-state index in [1.807, 2.05) is 37.4 Å². The van der Waals surface area contributed by atoms with Crippen LogP contribution in [0.4, 0.5) is 0 Å². The third kappa shape index (κ3) is 7.39. The standard InChI is InChI=1S/C31H32O9S2/c1-16-6-7-22(14-23(16)15-24-12-13-25(42-24)20-8-10-21(11-9-20)30(35)36)26-29(41-5)27(37-17(2)32)28(38-18(3)33)31(40-26)39-19(4)34/h6-14,26-29,31H,15H2,1-5H3,(H,35,36)/t26?,27-,28-,29-,31-/m0/s1. The maximum atomic E-state index is 12.1. The molecule has 3 aromatic rings. The highest BCUT2D eigenvalue weighted by Gasteiger charge is 2.51. The molecule has 11 heteroatoms. The van der Waals surface area contributed by atoms with E-state index in [4.69, 9.17) is 18.9 Å². The van der Waals surface area contributed by atoms with E-state index in [1.165, 1.54) is 32.5 Å². The van der Waals surface area contributed by atoms with E-state index in [2.05, 4.69) is 6.07 Å². The van der Waals surface area contributed by atoms with E-state index in [0.29, 0.717) is 6.42 Å². The van der Waals surface area contributed by atoms with Gasteiger partial charge in [-0.2, -0.15) is 11.8 Å². The van der Waals surface area contributed by atoms with E-state index < -0.39 is 53.7 Å². The summed E-state index contributed by atoms with van der Waals surface area (Å²) in [6.45, 7) is 5.74. The number of hydrogen-bond donors (Lipinski definition) is 1. The van der Waals surface area contributed by atoms with Gasteiger partial charge < -0.3 is 24.1 Å². The Morgan fingerprint density at radius 1 is 0.881 bits per heavy atom. The summed E-state index contributed by atoms with van der Waals surface area (Å²) in [5, 5.41) is 8.70. The molecule has 1 unspecified atom stereocenters. The largest absolute Gasteiger partial charge is 0.478 e. The third-order valence-electron chi connectivity index (χ3n) is 6.80. The van der Waals surface area contributed by atoms with E-state index in [0.717, 1.165) is 32.0 Å². The predicted octanol–water partition coefficient (Wildman–Crippen LogP) is 5.57. The van der Waals surface area contributed by atoms with Crippen LogP contribution in [0.1, 0.15) is 58.8 Å². The van der Waals surface area contributed by atoms with E-state index in [1.54, 1.807) is 35.6 Å². The van der Waals surface area contributed by atoms with Crippen molar-refractivity contribution in [2.75, 3.05) is 6.26 Å². The lowest BCUT2D eigenvalue weighted by Crippen LogP contribution is -2.57. The van der Waals surface area contributed by atoms with Gasteiger partial charge in [0.05, 0.1) is 10.8 Å². The van der Waals surface area contributed by atoms with Gasteiger partial charge in [-0.3, -0.25) is 14.4 Å². The molecule has 1 aliphatic heterocycles. The molecular weight excluding hydrogens is 580 g/mol. The molecule has 2 heterocycles. The molecule has 0 saturated carbocycles. The molecule has 2 aromatic carbocycles. The molecule has 9 nitrogen and oxygen atoms in total. The number of carbonyl (C=O) groups excluding carboxylic acids is 3. The fraction of sp³-hybridized carbons (Fsp3) is 0.355. The molecule has 0 amide bonds. The Morgan fingerprint density at radius 2 is 1.52 bits per heavy atom. The van der Waals surface area contributed by atoms with E-state index in [9.17, 15) is 24.3 Å². The second kappa shape index (κ2) is 13.5. The van der Waals surface area contributed by atoms with Crippen LogP contribution in [0, 0.1) is 6.92 Å². The average molecular weight is 613 g/mol. The maximum Gasteiger partial charge on any atom is 0.335 e. The monoisotopic (exact) mass is 612 g/mol. The van der Waals surface area contributed by atoms with E-state index in [-0.39, 0.29) is 5.56 Å². The molecule has 0 bridgehead atoms. The Bertz CT molecular complexity index is 1460. The van der Waals surface area contributed by atoms with Gasteiger partial charge in [-0.15, -0.1) is 11.3 Å². The Morgan fingerprint density at radius 3 is 2.12 bits per heavy atom. The quantitative estimate of drug-likeness (QED) is 0.242. The van der Waals surface area contributed by atoms with Gasteiger partial charge in [-0.25, -0.2) is 4.79 Å². The number of ether oxygens (including phenoxy) is 4. The van der Waals surface area contributed by atoms with Crippen LogP contribution < -0.4 is 0 Å². The summed E-state index contributed by atoms with van der Waals surface area (Å²) in [4.78, 5) is 49.3. The minimum absolute atomic E-state index is 0.238. The van der Waals surface area contributed by atoms with Crippen molar-refractivity contribution in [3.63, 3.8) is 0 Å². The number of aromatic carboxylic acids is 1. The Hall–Kier alpha value is -3.67. The van der Waals surface area contributed by atoms with Crippen LogP contribution in [0.15, 0.2) is 54.6 Å². The lowest BCUT2D eigenvalue weighted by molar-refractivity contribution is -0.266. The molecule has 1 fully saturated rings. The molecule has 1 saturated heterocycles. The molecule has 1 N–H and O–H groups in total. The predicted molar refractivity (Wildman–Crippen MR) is 158 cm³/mol. The van der Waals surface area contributed by atoms with Gasteiger partial charge in [0.25, 0.3) is 0 Å². The first-order valence-corrected chi connectivity index (χ1v) is 15.3. The van der Waals surface area contributed by atoms with Crippen LogP contribution in [0.3, 0.4) is 0 Å². The van der Waals surface area contributed by atoms with E-state index >= 15 is 0 Å². The lowest BCUT2D eigenvalue weighted by atomic mass is 9.92. The highest BCUT2D eigenvalue weighted by atomic mass is 32.2. The van der Waals surface area contributed by atoms with Crippen molar-refractivity contribution < 1.29 is 43.2 Å². The zero-order chi connectivity index (χ0) is 30.6. The molecule has 0 radical (unpaired) electrons. The van der Waals surface area contributed by atoms with Gasteiger partial charge in [0.1, 0.15) is 6.10 Å². The third-order valence-corrected chi connectivity index (χ3v) is 8.99. The molecular formula is C31H32O9S2. The summed E-state index contributed by atoms with van der Waals surface area (Å²) in [5.41, 5.74) is 4.10. The first-order chi connectivity index (χ1) is 20.0. The van der Waals surface area contributed by atoms with Gasteiger partial charge >= 0.3 is 23.9 Å². The molecule has 4 rings (SSSR count). The summed E-state index contributed by atoms with van der Waals surface area (Å²) in [7, 11) is 0. The van der Waals surface area contributed by atoms with Crippen LogP contribution >= 0.6 is 23.1 Å². The van der Waals surface area contributed by atoms with Crippen LogP contribution in [-0.2, 0) is 39.8 Å². The lowest BCUT2D eigenvalue weighted by Gasteiger charge is -2.44. The molecule has 0 aliphatic carbocycles. The highest BCUT2D eigenvalue weighted by Crippen LogP contribution is 2.42. The van der Waals surface area contributed by atoms with Crippen LogP contribution in [-0.4, -0.2) is 59.0 Å². The molecule has 42 heavy (non-hydrogen) atoms. The Balaban J connectivity index is 1.64. The Kier molecular flexibility index (Phi) is 10.1. The van der Waals surface area contributed by atoms with Gasteiger partial charge in [0, 0.05) is 36.9 Å². The topological polar surface area (TPSA) is 125 Å². The summed E-state index contributed by atoms with van der Waals surface area (Å²) in [5.74, 6) is -2.78. The normalized spacial score (nSPS) is 21.8. The number of esters is 3. The second-order valence-corrected chi connectivity index (χ2v) is 12.1. The zero-order valence-corrected chi connectivity index (χ0v) is 25.5. The van der Waals surface area contributed by atoms with Gasteiger partial charge in [0.2, 0.25) is 12.4 Å². The van der Waals surface area contributed by atoms with Crippen molar-refractivity contribution in [1.82, 2.24) is 0 Å². The Labute approximate surface area is 252 Å². The number of rotatable bonds is 9. The second-order valence-electron chi connectivity index (χ2n) is 9.89. The first-order valence-electron chi connectivity index (χ1n) is 13.2. The van der Waals surface area contributed by atoms with Gasteiger partial charge in [0.15, 0.2) is 6.10 Å². The zero-order valence-electron chi connectivity index (χ0n) is 23.8. The van der Waals surface area contributed by atoms with Crippen molar-refractivity contribution >= 4 is 47.0 Å². The number of thioether (sulfide) groups is 1. The van der Waals surface area contributed by atoms with Crippen molar-refractivity contribution in [3.05, 3.63) is 81.7 Å². The summed E-state index contributed by atoms with van der Waals surface area (Å²) < 4.78 is 22.8. The summed E-state index contributed by atoms with van der Waals surface area (Å²) in [6.07, 6.45) is -1.50. The van der Waals surface area contributed by atoms with Crippen molar-refractivity contribution in [1.29, 1.82) is 0 Å². The number of aryl methyl sites for hydroxylation is 1. The van der Waals surface area contributed by atoms with Crippen molar-refractivity contribution in [2.45, 2.75) is 64.0 Å². The van der Waals surface area contributed by atoms with Crippen LogP contribution in [0.5, 0.6) is 0 Å². The number of benzene rings is 2. The molecule has 222 valence electrons. The number of carbonyl (C=O) groups is 4. The summed E-state index contributed by atoms with van der Waals surface area (Å²) >= 11 is 3.02. The van der Waals surface area contributed by atoms with Gasteiger partial charge in [-0.05, 0) is 59.7 Å². The number of hydrogen-bond acceptors (Lipinski definition) is 10. The highest BCUT2D eigenvalue weighted by molar-refractivity contribution is 7.99. The number of carboxylic acids is 1. The van der Waals surface area contributed by atoms with Gasteiger partial charge in [-0.1, -0.05) is 30.3 Å². The number of thiophene rings is 1. The minimum Gasteiger partial charge on any atom is -0.478 e. The molecule has 0 spiro atoms. The molecule has 1 aliphatic rings. The molecule has 5 atom stereocenters. The van der Waals surface area contributed by atoms with Crippen molar-refractivity contribution in [2.24, 2.45) is 0 Å². The van der Waals surface area contributed by atoms with Crippen LogP contribution in [0.2, 0.25) is 0 Å². The van der Waals surface area contributed by atoms with Crippen LogP contribution in [0.25, 0.3) is 10.4 Å². The van der Waals surface area contributed by atoms with Crippen molar-refractivity contribution in [3.8, 4) is 10.4 Å². The minimum atomic E-state index is -1.28. The number of carboxylic acid groups (broad SMARTS) is 1. The first kappa shape index (κ1) is 31.3. The SMILES string of the molecule is CS[C@H]1C(c2ccc(C)c(Cc3ccc(-c4ccc(C(=O)O)cc4)s3)c2)O[C@H](OC(C)=O)[C@@H](OC(C)=O)[C@@H]1OC(C)=O. The average Bonchev–Trinajstić information content (AvgIpc) is 3.39. The fourth-order valence-electron chi connectivity index (χ4n) is 4.89. The summed E-state index contributed by atoms with van der Waals surface area (Å²) in [6, 6.07) is 16.8. The molecule has 1 aromatic heterocycles. The fourth-order valence-corrected chi connectivity index (χ4v) is 6.87. The maximum absolute atomic E-state index is 12.1. The smallest absolute Gasteiger partial charge is 0.335 e.